The maximum atomic E-state index is 9.73. The van der Waals surface area contributed by atoms with Gasteiger partial charge < -0.3 is 35.4 Å². The van der Waals surface area contributed by atoms with E-state index in [9.17, 15) is 25.5 Å². The van der Waals surface area contributed by atoms with Crippen LogP contribution in [0.5, 0.6) is 0 Å². The van der Waals surface area contributed by atoms with Gasteiger partial charge in [0.1, 0.15) is 24.5 Å². The Balaban J connectivity index is 4.19. The number of hydrogen-bond acceptors (Lipinski definition) is 8. The third kappa shape index (κ3) is 6.91. The van der Waals surface area contributed by atoms with Crippen LogP contribution in [0, 0.1) is 0 Å². The Morgan fingerprint density at radius 2 is 1.55 bits per heavy atom. The van der Waals surface area contributed by atoms with E-state index < -0.39 is 37.3 Å². The summed E-state index contributed by atoms with van der Waals surface area (Å²) in [7, 11) is 1.52. The van der Waals surface area contributed by atoms with E-state index in [2.05, 4.69) is 0 Å². The van der Waals surface area contributed by atoms with Crippen molar-refractivity contribution in [2.45, 2.75) is 44.0 Å². The van der Waals surface area contributed by atoms with Crippen LogP contribution in [0.3, 0.4) is 0 Å². The lowest BCUT2D eigenvalue weighted by Gasteiger charge is -2.30. The van der Waals surface area contributed by atoms with Gasteiger partial charge in [0.25, 0.3) is 0 Å². The Labute approximate surface area is 118 Å². The quantitative estimate of drug-likeness (QED) is 0.177. The van der Waals surface area contributed by atoms with Crippen molar-refractivity contribution in [3.05, 3.63) is 0 Å². The third-order valence-electron chi connectivity index (χ3n) is 2.92. The summed E-state index contributed by atoms with van der Waals surface area (Å²) in [5.41, 5.74) is 0. The van der Waals surface area contributed by atoms with Gasteiger partial charge in [-0.1, -0.05) is 6.92 Å². The molecule has 5 unspecified atom stereocenters. The Kier molecular flexibility index (Phi) is 10.2. The SMILES string of the molecule is CCCOCC(O)N(C)CC(O)C(O)C(O)C(O)CO. The first-order valence-corrected chi connectivity index (χ1v) is 6.64. The molecule has 0 radical (unpaired) electrons. The molecule has 0 aliphatic heterocycles. The second-order valence-electron chi connectivity index (χ2n) is 4.79. The molecular weight excluding hydrogens is 270 g/mol. The molecule has 20 heavy (non-hydrogen) atoms. The highest BCUT2D eigenvalue weighted by molar-refractivity contribution is 4.82. The van der Waals surface area contributed by atoms with Crippen molar-refractivity contribution in [3.63, 3.8) is 0 Å². The van der Waals surface area contributed by atoms with Crippen molar-refractivity contribution in [1.29, 1.82) is 0 Å². The summed E-state index contributed by atoms with van der Waals surface area (Å²) < 4.78 is 5.15. The fourth-order valence-electron chi connectivity index (χ4n) is 1.55. The zero-order chi connectivity index (χ0) is 15.7. The molecule has 0 heterocycles. The van der Waals surface area contributed by atoms with Gasteiger partial charge >= 0.3 is 0 Å². The lowest BCUT2D eigenvalue weighted by atomic mass is 10.0. The molecule has 5 atom stereocenters. The van der Waals surface area contributed by atoms with Gasteiger partial charge in [-0.25, -0.2) is 0 Å². The van der Waals surface area contributed by atoms with Crippen LogP contribution in [0.25, 0.3) is 0 Å². The topological polar surface area (TPSA) is 134 Å². The Morgan fingerprint density at radius 1 is 1.00 bits per heavy atom. The van der Waals surface area contributed by atoms with Gasteiger partial charge in [-0.2, -0.15) is 0 Å². The van der Waals surface area contributed by atoms with E-state index in [0.717, 1.165) is 6.42 Å². The summed E-state index contributed by atoms with van der Waals surface area (Å²) in [6.45, 7) is 1.65. The number of aliphatic hydroxyl groups is 6. The number of ether oxygens (including phenoxy) is 1. The molecule has 0 rings (SSSR count). The molecular formula is C12H27NO7. The highest BCUT2D eigenvalue weighted by Gasteiger charge is 2.31. The molecule has 8 nitrogen and oxygen atoms in total. The standard InChI is InChI=1S/C12H27NO7/c1-3-4-20-7-10(17)13(2)5-8(15)11(18)12(19)9(16)6-14/h8-12,14-19H,3-7H2,1-2H3. The van der Waals surface area contributed by atoms with Crippen LogP contribution in [0.4, 0.5) is 0 Å². The molecule has 0 bridgehead atoms. The summed E-state index contributed by atoms with van der Waals surface area (Å²) in [6, 6.07) is 0. The van der Waals surface area contributed by atoms with Gasteiger partial charge in [0, 0.05) is 13.2 Å². The molecule has 0 spiro atoms. The van der Waals surface area contributed by atoms with E-state index in [0.29, 0.717) is 6.61 Å². The lowest BCUT2D eigenvalue weighted by molar-refractivity contribution is -0.129. The minimum Gasteiger partial charge on any atom is -0.394 e. The zero-order valence-electron chi connectivity index (χ0n) is 12.0. The summed E-state index contributed by atoms with van der Waals surface area (Å²) in [5, 5.41) is 56.4. The summed E-state index contributed by atoms with van der Waals surface area (Å²) in [6.07, 6.45) is -6.37. The maximum absolute atomic E-state index is 9.73. The van der Waals surface area contributed by atoms with Gasteiger partial charge in [-0.05, 0) is 13.5 Å². The first kappa shape index (κ1) is 19.7. The van der Waals surface area contributed by atoms with Crippen molar-refractivity contribution in [3.8, 4) is 0 Å². The van der Waals surface area contributed by atoms with Crippen molar-refractivity contribution in [2.75, 3.05) is 33.4 Å². The van der Waals surface area contributed by atoms with Crippen LogP contribution in [0.1, 0.15) is 13.3 Å². The van der Waals surface area contributed by atoms with Crippen LogP contribution in [0.2, 0.25) is 0 Å². The number of likely N-dealkylation sites (N-methyl/N-ethyl adjacent to an activating group) is 1. The molecule has 0 aliphatic carbocycles. The summed E-state index contributed by atoms with van der Waals surface area (Å²) in [5.74, 6) is 0. The van der Waals surface area contributed by atoms with E-state index in [-0.39, 0.29) is 13.2 Å². The predicted octanol–water partition coefficient (Wildman–Crippen LogP) is -2.90. The Morgan fingerprint density at radius 3 is 2.05 bits per heavy atom. The van der Waals surface area contributed by atoms with Gasteiger partial charge in [-0.3, -0.25) is 4.90 Å². The number of aliphatic hydroxyl groups excluding tert-OH is 6. The molecule has 122 valence electrons. The van der Waals surface area contributed by atoms with E-state index in [1.807, 2.05) is 6.92 Å². The second-order valence-corrected chi connectivity index (χ2v) is 4.79. The molecule has 0 amide bonds. The Bertz CT molecular complexity index is 244. The molecule has 0 saturated carbocycles. The van der Waals surface area contributed by atoms with Gasteiger partial charge in [0.15, 0.2) is 0 Å². The van der Waals surface area contributed by atoms with Gasteiger partial charge in [0.05, 0.1) is 19.3 Å². The van der Waals surface area contributed by atoms with Crippen LogP contribution >= 0.6 is 0 Å². The van der Waals surface area contributed by atoms with Crippen molar-refractivity contribution >= 4 is 0 Å². The highest BCUT2D eigenvalue weighted by Crippen LogP contribution is 2.07. The average molecular weight is 297 g/mol. The molecule has 8 heteroatoms. The van der Waals surface area contributed by atoms with E-state index in [1.165, 1.54) is 11.9 Å². The maximum Gasteiger partial charge on any atom is 0.130 e. The lowest BCUT2D eigenvalue weighted by Crippen LogP contribution is -2.51. The average Bonchev–Trinajstić information content (AvgIpc) is 2.44. The minimum atomic E-state index is -1.67. The first-order chi connectivity index (χ1) is 9.34. The normalized spacial score (nSPS) is 19.6. The van der Waals surface area contributed by atoms with E-state index in [1.54, 1.807) is 0 Å². The van der Waals surface area contributed by atoms with Crippen LogP contribution in [-0.2, 0) is 4.74 Å². The second kappa shape index (κ2) is 10.4. The minimum absolute atomic E-state index is 0.0645. The Hall–Kier alpha value is -0.320. The summed E-state index contributed by atoms with van der Waals surface area (Å²) in [4.78, 5) is 1.35. The predicted molar refractivity (Wildman–Crippen MR) is 70.9 cm³/mol. The number of nitrogens with zero attached hydrogens (tertiary/aromatic N) is 1. The van der Waals surface area contributed by atoms with Gasteiger partial charge in [0.2, 0.25) is 0 Å². The molecule has 0 aromatic carbocycles. The summed E-state index contributed by atoms with van der Waals surface area (Å²) >= 11 is 0. The number of hydrogen-bond donors (Lipinski definition) is 6. The fraction of sp³-hybridized carbons (Fsp3) is 1.00. The number of rotatable bonds is 11. The largest absolute Gasteiger partial charge is 0.394 e. The molecule has 6 N–H and O–H groups in total. The molecule has 0 aliphatic rings. The highest BCUT2D eigenvalue weighted by atomic mass is 16.5. The first-order valence-electron chi connectivity index (χ1n) is 6.64. The van der Waals surface area contributed by atoms with Crippen molar-refractivity contribution < 1.29 is 35.4 Å². The fourth-order valence-corrected chi connectivity index (χ4v) is 1.55. The molecule has 0 saturated heterocycles. The monoisotopic (exact) mass is 297 g/mol. The van der Waals surface area contributed by atoms with Crippen LogP contribution < -0.4 is 0 Å². The molecule has 0 aromatic heterocycles. The van der Waals surface area contributed by atoms with E-state index >= 15 is 0 Å². The smallest absolute Gasteiger partial charge is 0.130 e. The van der Waals surface area contributed by atoms with E-state index in [4.69, 9.17) is 9.84 Å². The van der Waals surface area contributed by atoms with Gasteiger partial charge in [-0.15, -0.1) is 0 Å². The van der Waals surface area contributed by atoms with Crippen molar-refractivity contribution in [2.24, 2.45) is 0 Å². The van der Waals surface area contributed by atoms with Crippen molar-refractivity contribution in [1.82, 2.24) is 4.90 Å². The zero-order valence-corrected chi connectivity index (χ0v) is 12.0. The third-order valence-corrected chi connectivity index (χ3v) is 2.92. The van der Waals surface area contributed by atoms with Crippen LogP contribution in [-0.4, -0.2) is 99.6 Å². The van der Waals surface area contributed by atoms with Crippen LogP contribution in [0.15, 0.2) is 0 Å². The molecule has 0 fully saturated rings. The molecule has 0 aromatic rings.